The molecule has 0 aliphatic carbocycles. The summed E-state index contributed by atoms with van der Waals surface area (Å²) in [5, 5.41) is 12.2. The Morgan fingerprint density at radius 1 is 1.53 bits per heavy atom. The van der Waals surface area contributed by atoms with Crippen LogP contribution in [0.25, 0.3) is 10.4 Å². The second kappa shape index (κ2) is 5.02. The minimum Gasteiger partial charge on any atom is -0.481 e. The summed E-state index contributed by atoms with van der Waals surface area (Å²) in [4.78, 5) is 13.3. The van der Waals surface area contributed by atoms with Crippen molar-refractivity contribution in [3.8, 4) is 0 Å². The first kappa shape index (κ1) is 11.1. The van der Waals surface area contributed by atoms with Crippen molar-refractivity contribution in [2.24, 2.45) is 5.11 Å². The zero-order valence-corrected chi connectivity index (χ0v) is 8.29. The van der Waals surface area contributed by atoms with E-state index in [1.807, 2.05) is 0 Å². The van der Waals surface area contributed by atoms with E-state index >= 15 is 0 Å². The molecule has 78 valence electrons. The molecule has 0 aliphatic heterocycles. The molecule has 0 spiro atoms. The molecule has 0 saturated heterocycles. The van der Waals surface area contributed by atoms with Crippen molar-refractivity contribution in [2.75, 3.05) is 0 Å². The van der Waals surface area contributed by atoms with Crippen LogP contribution in [0.3, 0.4) is 0 Å². The Hall–Kier alpha value is -2.00. The van der Waals surface area contributed by atoms with Crippen LogP contribution in [-0.2, 0) is 11.3 Å². The standard InChI is InChI=1S/C10H11N3O2/c1-7(10(14)15)9-4-2-8(3-5-9)6-12-13-11/h2-5,7H,6H2,1H3,(H,14,15). The van der Waals surface area contributed by atoms with Crippen LogP contribution in [0.4, 0.5) is 0 Å². The van der Waals surface area contributed by atoms with Gasteiger partial charge in [-0.25, -0.2) is 0 Å². The van der Waals surface area contributed by atoms with E-state index in [-0.39, 0.29) is 6.54 Å². The van der Waals surface area contributed by atoms with Gasteiger partial charge in [-0.05, 0) is 23.6 Å². The van der Waals surface area contributed by atoms with Gasteiger partial charge in [0.05, 0.1) is 12.5 Å². The van der Waals surface area contributed by atoms with Crippen LogP contribution in [0.1, 0.15) is 24.0 Å². The maximum atomic E-state index is 10.7. The Morgan fingerprint density at radius 2 is 2.13 bits per heavy atom. The van der Waals surface area contributed by atoms with Crippen LogP contribution in [0.2, 0.25) is 0 Å². The van der Waals surface area contributed by atoms with Gasteiger partial charge in [-0.3, -0.25) is 4.79 Å². The quantitative estimate of drug-likeness (QED) is 0.465. The zero-order valence-electron chi connectivity index (χ0n) is 8.29. The molecule has 0 radical (unpaired) electrons. The Kier molecular flexibility index (Phi) is 3.71. The summed E-state index contributed by atoms with van der Waals surface area (Å²) in [6.45, 7) is 1.92. The van der Waals surface area contributed by atoms with E-state index in [1.165, 1.54) is 0 Å². The van der Waals surface area contributed by atoms with Crippen LogP contribution in [0.5, 0.6) is 0 Å². The molecule has 5 nitrogen and oxygen atoms in total. The van der Waals surface area contributed by atoms with E-state index < -0.39 is 11.9 Å². The molecule has 1 rings (SSSR count). The fourth-order valence-electron chi connectivity index (χ4n) is 1.17. The van der Waals surface area contributed by atoms with Gasteiger partial charge >= 0.3 is 5.97 Å². The number of aliphatic carboxylic acids is 1. The van der Waals surface area contributed by atoms with Gasteiger partial charge in [-0.2, -0.15) is 0 Å². The molecule has 0 saturated carbocycles. The zero-order chi connectivity index (χ0) is 11.3. The highest BCUT2D eigenvalue weighted by Crippen LogP contribution is 2.16. The van der Waals surface area contributed by atoms with Crippen molar-refractivity contribution in [1.82, 2.24) is 0 Å². The first-order chi connectivity index (χ1) is 7.15. The van der Waals surface area contributed by atoms with Crippen LogP contribution in [0.15, 0.2) is 29.4 Å². The maximum absolute atomic E-state index is 10.7. The van der Waals surface area contributed by atoms with Gasteiger partial charge in [-0.15, -0.1) is 0 Å². The minimum absolute atomic E-state index is 0.290. The van der Waals surface area contributed by atoms with E-state index in [4.69, 9.17) is 10.6 Å². The summed E-state index contributed by atoms with van der Waals surface area (Å²) >= 11 is 0. The van der Waals surface area contributed by atoms with Gasteiger partial charge in [0.25, 0.3) is 0 Å². The molecule has 0 heterocycles. The van der Waals surface area contributed by atoms with E-state index in [2.05, 4.69) is 10.0 Å². The molecule has 0 bridgehead atoms. The lowest BCUT2D eigenvalue weighted by Gasteiger charge is -2.06. The van der Waals surface area contributed by atoms with E-state index in [9.17, 15) is 4.79 Å². The Morgan fingerprint density at radius 3 is 2.60 bits per heavy atom. The fourth-order valence-corrected chi connectivity index (χ4v) is 1.17. The van der Waals surface area contributed by atoms with Crippen LogP contribution < -0.4 is 0 Å². The summed E-state index contributed by atoms with van der Waals surface area (Å²) in [5.74, 6) is -1.36. The van der Waals surface area contributed by atoms with Crippen LogP contribution in [-0.4, -0.2) is 11.1 Å². The summed E-state index contributed by atoms with van der Waals surface area (Å²) in [7, 11) is 0. The minimum atomic E-state index is -0.849. The molecule has 0 aromatic heterocycles. The van der Waals surface area contributed by atoms with Gasteiger partial charge < -0.3 is 5.11 Å². The maximum Gasteiger partial charge on any atom is 0.310 e. The molecular weight excluding hydrogens is 194 g/mol. The Labute approximate surface area is 87.0 Å². The molecule has 1 unspecified atom stereocenters. The van der Waals surface area contributed by atoms with Gasteiger partial charge in [0.15, 0.2) is 0 Å². The van der Waals surface area contributed by atoms with Crippen molar-refractivity contribution in [3.05, 3.63) is 45.8 Å². The third-order valence-electron chi connectivity index (χ3n) is 2.17. The van der Waals surface area contributed by atoms with Gasteiger partial charge in [0.2, 0.25) is 0 Å². The molecule has 0 aliphatic rings. The Bertz CT molecular complexity index is 394. The highest BCUT2D eigenvalue weighted by molar-refractivity contribution is 5.75. The molecule has 1 aromatic carbocycles. The number of carboxylic acid groups (broad SMARTS) is 1. The van der Waals surface area contributed by atoms with E-state index in [1.54, 1.807) is 31.2 Å². The molecule has 0 fully saturated rings. The number of hydrogen-bond acceptors (Lipinski definition) is 2. The van der Waals surface area contributed by atoms with Crippen molar-refractivity contribution >= 4 is 5.97 Å². The predicted octanol–water partition coefficient (Wildman–Crippen LogP) is 2.69. The second-order valence-corrected chi connectivity index (χ2v) is 3.19. The van der Waals surface area contributed by atoms with Crippen LogP contribution in [0, 0.1) is 0 Å². The summed E-state index contributed by atoms with van der Waals surface area (Å²) < 4.78 is 0. The number of carboxylic acids is 1. The normalized spacial score (nSPS) is 11.5. The summed E-state index contributed by atoms with van der Waals surface area (Å²) in [6, 6.07) is 7.01. The number of nitrogens with zero attached hydrogens (tertiary/aromatic N) is 3. The number of azide groups is 1. The first-order valence-corrected chi connectivity index (χ1v) is 4.47. The second-order valence-electron chi connectivity index (χ2n) is 3.19. The van der Waals surface area contributed by atoms with Gasteiger partial charge in [-0.1, -0.05) is 29.4 Å². The molecule has 1 N–H and O–H groups in total. The molecule has 1 aromatic rings. The largest absolute Gasteiger partial charge is 0.481 e. The molecule has 5 heteroatoms. The third kappa shape index (κ3) is 3.00. The number of rotatable bonds is 4. The van der Waals surface area contributed by atoms with Crippen molar-refractivity contribution in [1.29, 1.82) is 0 Å². The lowest BCUT2D eigenvalue weighted by molar-refractivity contribution is -0.138. The molecule has 0 amide bonds. The average Bonchev–Trinajstić information content (AvgIpc) is 2.26. The van der Waals surface area contributed by atoms with E-state index in [0.29, 0.717) is 0 Å². The highest BCUT2D eigenvalue weighted by atomic mass is 16.4. The van der Waals surface area contributed by atoms with Crippen LogP contribution >= 0.6 is 0 Å². The van der Waals surface area contributed by atoms with Crippen molar-refractivity contribution in [2.45, 2.75) is 19.4 Å². The van der Waals surface area contributed by atoms with Gasteiger partial charge in [0, 0.05) is 4.91 Å². The summed E-state index contributed by atoms with van der Waals surface area (Å²) in [5.41, 5.74) is 9.74. The van der Waals surface area contributed by atoms with Gasteiger partial charge in [0.1, 0.15) is 0 Å². The molecular formula is C10H11N3O2. The predicted molar refractivity (Wildman–Crippen MR) is 55.3 cm³/mol. The molecule has 15 heavy (non-hydrogen) atoms. The monoisotopic (exact) mass is 205 g/mol. The van der Waals surface area contributed by atoms with Crippen molar-refractivity contribution < 1.29 is 9.90 Å². The average molecular weight is 205 g/mol. The first-order valence-electron chi connectivity index (χ1n) is 4.47. The lowest BCUT2D eigenvalue weighted by atomic mass is 10.0. The van der Waals surface area contributed by atoms with E-state index in [0.717, 1.165) is 11.1 Å². The SMILES string of the molecule is CC(C(=O)O)c1ccc(CN=[N+]=[N-])cc1. The topological polar surface area (TPSA) is 86.1 Å². The number of hydrogen-bond donors (Lipinski definition) is 1. The fraction of sp³-hybridized carbons (Fsp3) is 0.300. The Balaban J connectivity index is 2.80. The lowest BCUT2D eigenvalue weighted by Crippen LogP contribution is -2.07. The number of carbonyl (C=O) groups is 1. The summed E-state index contributed by atoms with van der Waals surface area (Å²) in [6.07, 6.45) is 0. The van der Waals surface area contributed by atoms with Crippen molar-refractivity contribution in [3.63, 3.8) is 0 Å². The molecule has 1 atom stereocenters. The third-order valence-corrected chi connectivity index (χ3v) is 2.17. The highest BCUT2D eigenvalue weighted by Gasteiger charge is 2.12. The number of benzene rings is 1. The smallest absolute Gasteiger partial charge is 0.310 e.